The van der Waals surface area contributed by atoms with Crippen molar-refractivity contribution in [2.24, 2.45) is 0 Å². The molecule has 4 atom stereocenters. The average molecular weight is 217 g/mol. The molecule has 2 saturated heterocycles. The van der Waals surface area contributed by atoms with Crippen LogP contribution in [0, 0.1) is 0 Å². The van der Waals surface area contributed by atoms with Crippen LogP contribution in [0.4, 0.5) is 0 Å². The molecule has 0 amide bonds. The molecule has 2 fully saturated rings. The van der Waals surface area contributed by atoms with Crippen molar-refractivity contribution in [3.63, 3.8) is 0 Å². The van der Waals surface area contributed by atoms with Crippen LogP contribution in [0.15, 0.2) is 0 Å². The fourth-order valence-corrected chi connectivity index (χ4v) is 2.03. The molecule has 0 aromatic rings. The summed E-state index contributed by atoms with van der Waals surface area (Å²) in [5.41, 5.74) is 0. The van der Waals surface area contributed by atoms with Gasteiger partial charge in [-0.2, -0.15) is 0 Å². The molecule has 0 aromatic heterocycles. The van der Waals surface area contributed by atoms with E-state index in [1.54, 1.807) is 20.9 Å². The third kappa shape index (κ3) is 1.74. The molecular weight excluding hydrogens is 202 g/mol. The third-order valence-electron chi connectivity index (χ3n) is 2.63. The maximum Gasteiger partial charge on any atom is 0.334 e. The van der Waals surface area contributed by atoms with Gasteiger partial charge in [-0.05, 0) is 20.9 Å². The van der Waals surface area contributed by atoms with Gasteiger partial charge in [-0.1, -0.05) is 0 Å². The predicted molar refractivity (Wildman–Crippen MR) is 49.2 cm³/mol. The highest BCUT2D eigenvalue weighted by molar-refractivity contribution is 5.74. The van der Waals surface area contributed by atoms with Gasteiger partial charge in [-0.3, -0.25) is 0 Å². The Morgan fingerprint density at radius 3 is 2.60 bits per heavy atom. The zero-order valence-electron chi connectivity index (χ0n) is 8.89. The Labute approximate surface area is 87.5 Å². The lowest BCUT2D eigenvalue weighted by Crippen LogP contribution is -2.46. The van der Waals surface area contributed by atoms with Crippen molar-refractivity contribution in [2.45, 2.75) is 44.2 Å². The van der Waals surface area contributed by atoms with Gasteiger partial charge in [0.2, 0.25) is 0 Å². The van der Waals surface area contributed by atoms with Gasteiger partial charge in [0.15, 0.2) is 18.2 Å². The highest BCUT2D eigenvalue weighted by atomic mass is 16.8. The van der Waals surface area contributed by atoms with Gasteiger partial charge in [0.1, 0.15) is 6.10 Å². The number of hydrogen-bond acceptors (Lipinski definition) is 5. The average Bonchev–Trinajstić information content (AvgIpc) is 2.55. The second-order valence-electron chi connectivity index (χ2n) is 4.18. The van der Waals surface area contributed by atoms with Gasteiger partial charge in [0, 0.05) is 0 Å². The first-order chi connectivity index (χ1) is 6.94. The minimum absolute atomic E-state index is 0.369. The van der Waals surface area contributed by atoms with Gasteiger partial charge in [-0.15, -0.1) is 0 Å². The number of ether oxygens (including phenoxy) is 3. The maximum absolute atomic E-state index is 10.9. The van der Waals surface area contributed by atoms with Crippen molar-refractivity contribution >= 4 is 5.97 Å². The zero-order chi connectivity index (χ0) is 11.2. The summed E-state index contributed by atoms with van der Waals surface area (Å²) in [6.07, 6.45) is -1.88. The van der Waals surface area contributed by atoms with Crippen LogP contribution in [0.3, 0.4) is 0 Å². The molecule has 0 radical (unpaired) electrons. The maximum atomic E-state index is 10.9. The van der Waals surface area contributed by atoms with Gasteiger partial charge in [0.05, 0.1) is 6.04 Å². The van der Waals surface area contributed by atoms with Crippen molar-refractivity contribution in [1.29, 1.82) is 0 Å². The van der Waals surface area contributed by atoms with Gasteiger partial charge >= 0.3 is 5.97 Å². The van der Waals surface area contributed by atoms with Crippen molar-refractivity contribution < 1.29 is 24.1 Å². The summed E-state index contributed by atoms with van der Waals surface area (Å²) in [4.78, 5) is 10.9. The van der Waals surface area contributed by atoms with E-state index in [2.05, 4.69) is 5.32 Å². The van der Waals surface area contributed by atoms with E-state index in [0.29, 0.717) is 0 Å². The van der Waals surface area contributed by atoms with E-state index >= 15 is 0 Å². The minimum atomic E-state index is -1.01. The lowest BCUT2D eigenvalue weighted by Gasteiger charge is -2.23. The van der Waals surface area contributed by atoms with Crippen molar-refractivity contribution in [3.8, 4) is 0 Å². The molecule has 15 heavy (non-hydrogen) atoms. The molecule has 2 rings (SSSR count). The summed E-state index contributed by atoms with van der Waals surface area (Å²) < 4.78 is 16.3. The van der Waals surface area contributed by atoms with Crippen molar-refractivity contribution in [3.05, 3.63) is 0 Å². The molecule has 0 bridgehead atoms. The number of hydrogen-bond donors (Lipinski definition) is 2. The number of carbonyl (C=O) groups is 1. The van der Waals surface area contributed by atoms with E-state index in [9.17, 15) is 4.79 Å². The van der Waals surface area contributed by atoms with Crippen LogP contribution in [0.2, 0.25) is 0 Å². The van der Waals surface area contributed by atoms with Gasteiger partial charge in [-0.25, -0.2) is 4.79 Å². The standard InChI is InChI=1S/C9H15NO5/c1-9(2)14-6-4(10-3)5(7(11)12)13-8(6)15-9/h4-6,8,10H,1-3H3,(H,11,12)/t4-,5?,6-,8-/m1/s1. The van der Waals surface area contributed by atoms with Crippen LogP contribution >= 0.6 is 0 Å². The second kappa shape index (κ2) is 3.41. The largest absolute Gasteiger partial charge is 0.479 e. The number of aliphatic carboxylic acids is 1. The smallest absolute Gasteiger partial charge is 0.334 e. The predicted octanol–water partition coefficient (Wildman–Crippen LogP) is -0.465. The lowest BCUT2D eigenvalue weighted by atomic mass is 10.1. The quantitative estimate of drug-likeness (QED) is 0.651. The molecular formula is C9H15NO5. The Bertz CT molecular complexity index is 280. The second-order valence-corrected chi connectivity index (χ2v) is 4.18. The minimum Gasteiger partial charge on any atom is -0.479 e. The van der Waals surface area contributed by atoms with Crippen LogP contribution in [0.5, 0.6) is 0 Å². The number of carboxylic acids is 1. The first kappa shape index (κ1) is 10.8. The molecule has 2 N–H and O–H groups in total. The molecule has 0 saturated carbocycles. The van der Waals surface area contributed by atoms with Crippen LogP contribution < -0.4 is 5.32 Å². The summed E-state index contributed by atoms with van der Waals surface area (Å²) in [6, 6.07) is -0.380. The van der Waals surface area contributed by atoms with E-state index in [1.165, 1.54) is 0 Å². The van der Waals surface area contributed by atoms with E-state index in [0.717, 1.165) is 0 Å². The van der Waals surface area contributed by atoms with E-state index in [4.69, 9.17) is 19.3 Å². The Balaban J connectivity index is 2.15. The molecule has 86 valence electrons. The summed E-state index contributed by atoms with van der Waals surface area (Å²) >= 11 is 0. The van der Waals surface area contributed by atoms with E-state index in [1.807, 2.05) is 0 Å². The first-order valence-electron chi connectivity index (χ1n) is 4.86. The van der Waals surface area contributed by atoms with Crippen molar-refractivity contribution in [2.75, 3.05) is 7.05 Å². The molecule has 2 aliphatic rings. The molecule has 2 heterocycles. The normalized spacial score (nSPS) is 42.9. The number of nitrogens with one attached hydrogen (secondary N) is 1. The van der Waals surface area contributed by atoms with E-state index < -0.39 is 24.2 Å². The van der Waals surface area contributed by atoms with Crippen LogP contribution in [-0.2, 0) is 19.0 Å². The molecule has 1 unspecified atom stereocenters. The lowest BCUT2D eigenvalue weighted by molar-refractivity contribution is -0.211. The summed E-state index contributed by atoms with van der Waals surface area (Å²) in [6.45, 7) is 3.55. The Morgan fingerprint density at radius 1 is 1.40 bits per heavy atom. The van der Waals surface area contributed by atoms with Crippen LogP contribution in [0.25, 0.3) is 0 Å². The van der Waals surface area contributed by atoms with Gasteiger partial charge in [0.25, 0.3) is 0 Å². The highest BCUT2D eigenvalue weighted by Crippen LogP contribution is 2.37. The Morgan fingerprint density at radius 2 is 2.07 bits per heavy atom. The molecule has 0 aromatic carbocycles. The van der Waals surface area contributed by atoms with Crippen LogP contribution in [0.1, 0.15) is 13.8 Å². The topological polar surface area (TPSA) is 77.0 Å². The van der Waals surface area contributed by atoms with Crippen LogP contribution in [-0.4, -0.2) is 48.5 Å². The fraction of sp³-hybridized carbons (Fsp3) is 0.889. The monoisotopic (exact) mass is 217 g/mol. The fourth-order valence-electron chi connectivity index (χ4n) is 2.03. The highest BCUT2D eigenvalue weighted by Gasteiger charge is 2.56. The number of fused-ring (bicyclic) bond motifs is 1. The Hall–Kier alpha value is -0.690. The van der Waals surface area contributed by atoms with Gasteiger partial charge < -0.3 is 24.6 Å². The SMILES string of the molecule is CN[C@@H]1C(C(=O)O)O[C@@H]2OC(C)(C)O[C@@H]21. The first-order valence-corrected chi connectivity index (χ1v) is 4.86. The zero-order valence-corrected chi connectivity index (χ0v) is 8.89. The molecule has 0 spiro atoms. The van der Waals surface area contributed by atoms with E-state index in [-0.39, 0.29) is 12.1 Å². The molecule has 0 aliphatic carbocycles. The summed E-state index contributed by atoms with van der Waals surface area (Å²) in [5, 5.41) is 11.8. The molecule has 6 nitrogen and oxygen atoms in total. The Kier molecular flexibility index (Phi) is 2.46. The van der Waals surface area contributed by atoms with Crippen molar-refractivity contribution in [1.82, 2.24) is 5.32 Å². The summed E-state index contributed by atoms with van der Waals surface area (Å²) in [7, 11) is 1.68. The number of carboxylic acid groups (broad SMARTS) is 1. The summed E-state index contributed by atoms with van der Waals surface area (Å²) in [5.74, 6) is -1.72. The molecule has 6 heteroatoms. The third-order valence-corrected chi connectivity index (χ3v) is 2.63. The molecule has 2 aliphatic heterocycles. The number of likely N-dealkylation sites (N-methyl/N-ethyl adjacent to an activating group) is 1. The number of rotatable bonds is 2.